The van der Waals surface area contributed by atoms with E-state index in [4.69, 9.17) is 5.73 Å². The van der Waals surface area contributed by atoms with Crippen LogP contribution in [0, 0.1) is 0 Å². The molecule has 9 heteroatoms. The summed E-state index contributed by atoms with van der Waals surface area (Å²) in [4.78, 5) is 7.95. The van der Waals surface area contributed by atoms with E-state index in [-0.39, 0.29) is 18.3 Å². The molecule has 0 amide bonds. The smallest absolute Gasteiger partial charge is 0.406 e. The third-order valence-corrected chi connectivity index (χ3v) is 3.59. The molecule has 26 heavy (non-hydrogen) atoms. The minimum atomic E-state index is -4.70. The fourth-order valence-corrected chi connectivity index (χ4v) is 2.11. The van der Waals surface area contributed by atoms with Crippen LogP contribution >= 0.6 is 0 Å². The number of aliphatic imine (C=N–C) groups is 2. The van der Waals surface area contributed by atoms with E-state index >= 15 is 0 Å². The van der Waals surface area contributed by atoms with Gasteiger partial charge in [0.25, 0.3) is 0 Å². The Morgan fingerprint density at radius 2 is 2.00 bits per heavy atom. The highest BCUT2D eigenvalue weighted by atomic mass is 19.4. The minimum Gasteiger partial charge on any atom is -0.406 e. The van der Waals surface area contributed by atoms with E-state index in [1.54, 1.807) is 25.4 Å². The molecule has 1 aromatic rings. The van der Waals surface area contributed by atoms with E-state index in [2.05, 4.69) is 20.0 Å². The zero-order valence-electron chi connectivity index (χ0n) is 14.8. The number of rotatable bonds is 10. The molecule has 0 aliphatic rings. The summed E-state index contributed by atoms with van der Waals surface area (Å²) < 4.78 is 40.2. The first-order chi connectivity index (χ1) is 12.2. The molecule has 0 saturated carbocycles. The molecule has 2 unspecified atom stereocenters. The van der Waals surface area contributed by atoms with Gasteiger partial charge in [0.15, 0.2) is 0 Å². The summed E-state index contributed by atoms with van der Waals surface area (Å²) in [5, 5.41) is 13.2. The van der Waals surface area contributed by atoms with Gasteiger partial charge in [-0.05, 0) is 37.1 Å². The average molecular weight is 374 g/mol. The molecule has 0 aliphatic carbocycles. The third-order valence-electron chi connectivity index (χ3n) is 3.59. The van der Waals surface area contributed by atoms with Crippen molar-refractivity contribution in [1.82, 2.24) is 5.32 Å². The second kappa shape index (κ2) is 10.8. The third kappa shape index (κ3) is 8.82. The van der Waals surface area contributed by atoms with E-state index in [0.717, 1.165) is 5.56 Å². The molecule has 2 atom stereocenters. The molecule has 1 aromatic carbocycles. The van der Waals surface area contributed by atoms with Gasteiger partial charge in [0.1, 0.15) is 11.6 Å². The molecule has 1 rings (SSSR count). The van der Waals surface area contributed by atoms with Crippen LogP contribution in [-0.2, 0) is 6.42 Å². The van der Waals surface area contributed by atoms with Gasteiger partial charge in [0.05, 0.1) is 18.7 Å². The second-order valence-corrected chi connectivity index (χ2v) is 5.60. The van der Waals surface area contributed by atoms with Crippen LogP contribution in [-0.4, -0.2) is 55.8 Å². The van der Waals surface area contributed by atoms with Crippen LogP contribution in [0.2, 0.25) is 0 Å². The Bertz CT molecular complexity index is 589. The highest BCUT2D eigenvalue weighted by molar-refractivity contribution is 5.83. The van der Waals surface area contributed by atoms with Gasteiger partial charge in [-0.25, -0.2) is 0 Å². The molecule has 0 radical (unpaired) electrons. The van der Waals surface area contributed by atoms with Crippen molar-refractivity contribution >= 4 is 12.1 Å². The lowest BCUT2D eigenvalue weighted by atomic mass is 10.1. The number of halogens is 3. The first-order valence-electron chi connectivity index (χ1n) is 8.22. The lowest BCUT2D eigenvalue weighted by Crippen LogP contribution is -2.42. The number of amidine groups is 1. The topological polar surface area (TPSA) is 92.2 Å². The zero-order valence-corrected chi connectivity index (χ0v) is 14.8. The summed E-state index contributed by atoms with van der Waals surface area (Å²) in [5.74, 6) is 0.142. The Balaban J connectivity index is 2.53. The lowest BCUT2D eigenvalue weighted by Gasteiger charge is -2.19. The van der Waals surface area contributed by atoms with Crippen LogP contribution < -0.4 is 15.8 Å². The van der Waals surface area contributed by atoms with E-state index in [0.29, 0.717) is 25.2 Å². The Morgan fingerprint density at radius 3 is 2.54 bits per heavy atom. The highest BCUT2D eigenvalue weighted by Gasteiger charge is 2.30. The van der Waals surface area contributed by atoms with Crippen molar-refractivity contribution in [1.29, 1.82) is 0 Å². The number of nitrogens with one attached hydrogen (secondary N) is 1. The molecular formula is C17H25F3N4O2. The van der Waals surface area contributed by atoms with Crippen LogP contribution in [0.3, 0.4) is 0 Å². The predicted octanol–water partition coefficient (Wildman–Crippen LogP) is 1.91. The molecule has 146 valence electrons. The Morgan fingerprint density at radius 1 is 1.35 bits per heavy atom. The van der Waals surface area contributed by atoms with Crippen LogP contribution in [0.1, 0.15) is 18.9 Å². The maximum atomic E-state index is 12.1. The van der Waals surface area contributed by atoms with Gasteiger partial charge in [-0.3, -0.25) is 9.98 Å². The molecular weight excluding hydrogens is 349 g/mol. The van der Waals surface area contributed by atoms with Crippen molar-refractivity contribution < 1.29 is 23.0 Å². The molecule has 0 heterocycles. The summed E-state index contributed by atoms with van der Waals surface area (Å²) in [6.45, 7) is 2.63. The van der Waals surface area contributed by atoms with Gasteiger partial charge < -0.3 is 20.9 Å². The van der Waals surface area contributed by atoms with Gasteiger partial charge in [0, 0.05) is 13.3 Å². The molecule has 0 fully saturated rings. The number of hydrogen-bond donors (Lipinski definition) is 3. The molecule has 4 N–H and O–H groups in total. The Labute approximate surface area is 151 Å². The van der Waals surface area contributed by atoms with E-state index in [1.807, 2.05) is 6.92 Å². The highest BCUT2D eigenvalue weighted by Crippen LogP contribution is 2.22. The van der Waals surface area contributed by atoms with Crippen LogP contribution in [0.5, 0.6) is 5.75 Å². The summed E-state index contributed by atoms with van der Waals surface area (Å²) in [6.07, 6.45) is -2.58. The van der Waals surface area contributed by atoms with Crippen molar-refractivity contribution in [2.45, 2.75) is 38.3 Å². The summed E-state index contributed by atoms with van der Waals surface area (Å²) in [5.41, 5.74) is 6.41. The summed E-state index contributed by atoms with van der Waals surface area (Å²) >= 11 is 0. The SMILES string of the molecule is CCC(O)C(C=NCC(N)=NC)NCCc1ccc(OC(F)(F)F)cc1. The Kier molecular flexibility index (Phi) is 9.08. The summed E-state index contributed by atoms with van der Waals surface area (Å²) in [7, 11) is 1.58. The number of nitrogens with zero attached hydrogens (tertiary/aromatic N) is 2. The largest absolute Gasteiger partial charge is 0.573 e. The van der Waals surface area contributed by atoms with Gasteiger partial charge in [-0.2, -0.15) is 0 Å². The van der Waals surface area contributed by atoms with E-state index in [1.165, 1.54) is 12.1 Å². The minimum absolute atomic E-state index is 0.254. The van der Waals surface area contributed by atoms with Gasteiger partial charge in [0.2, 0.25) is 0 Å². The van der Waals surface area contributed by atoms with Crippen molar-refractivity contribution in [2.24, 2.45) is 15.7 Å². The number of ether oxygens (including phenoxy) is 1. The van der Waals surface area contributed by atoms with Gasteiger partial charge in [-0.15, -0.1) is 13.2 Å². The van der Waals surface area contributed by atoms with Crippen molar-refractivity contribution in [2.75, 3.05) is 20.1 Å². The first kappa shape index (κ1) is 21.9. The second-order valence-electron chi connectivity index (χ2n) is 5.60. The van der Waals surface area contributed by atoms with Gasteiger partial charge in [-0.1, -0.05) is 19.1 Å². The van der Waals surface area contributed by atoms with Crippen LogP contribution in [0.25, 0.3) is 0 Å². The lowest BCUT2D eigenvalue weighted by molar-refractivity contribution is -0.274. The van der Waals surface area contributed by atoms with E-state index in [9.17, 15) is 18.3 Å². The number of nitrogens with two attached hydrogens (primary N) is 1. The molecule has 0 spiro atoms. The molecule has 6 nitrogen and oxygen atoms in total. The maximum Gasteiger partial charge on any atom is 0.573 e. The first-order valence-corrected chi connectivity index (χ1v) is 8.22. The quantitative estimate of drug-likeness (QED) is 0.431. The number of benzene rings is 1. The predicted molar refractivity (Wildman–Crippen MR) is 95.8 cm³/mol. The monoisotopic (exact) mass is 374 g/mol. The van der Waals surface area contributed by atoms with Crippen molar-refractivity contribution in [3.05, 3.63) is 29.8 Å². The maximum absolute atomic E-state index is 12.1. The van der Waals surface area contributed by atoms with Crippen LogP contribution in [0.4, 0.5) is 13.2 Å². The fraction of sp³-hybridized carbons (Fsp3) is 0.529. The number of aliphatic hydroxyl groups is 1. The Hall–Kier alpha value is -2.13. The molecule has 0 aromatic heterocycles. The fourth-order valence-electron chi connectivity index (χ4n) is 2.11. The van der Waals surface area contributed by atoms with Crippen molar-refractivity contribution in [3.63, 3.8) is 0 Å². The number of aliphatic hydroxyl groups excluding tert-OH is 1. The normalized spacial score (nSPS) is 15.2. The van der Waals surface area contributed by atoms with E-state index < -0.39 is 12.5 Å². The molecule has 0 bridgehead atoms. The molecule has 0 saturated heterocycles. The molecule has 0 aliphatic heterocycles. The van der Waals surface area contributed by atoms with Crippen molar-refractivity contribution in [3.8, 4) is 5.75 Å². The van der Waals surface area contributed by atoms with Gasteiger partial charge >= 0.3 is 6.36 Å². The number of hydrogen-bond acceptors (Lipinski definition) is 5. The number of alkyl halides is 3. The average Bonchev–Trinajstić information content (AvgIpc) is 2.59. The standard InChI is InChI=1S/C17H25F3N4O2/c1-3-15(25)14(10-23-11-16(21)22-2)24-9-8-12-4-6-13(7-5-12)26-17(18,19)20/h4-7,10,14-15,24-25H,3,8-9,11H2,1-2H3,(H2,21,22). The van der Waals surface area contributed by atoms with Crippen LogP contribution in [0.15, 0.2) is 34.3 Å². The zero-order chi connectivity index (χ0) is 19.6. The summed E-state index contributed by atoms with van der Waals surface area (Å²) in [6, 6.07) is 5.34.